The van der Waals surface area contributed by atoms with E-state index in [0.29, 0.717) is 23.8 Å². The SMILES string of the molecule is Cc1cc(CNc2c(C(=O)O)c(C)nn2C)on1. The van der Waals surface area contributed by atoms with Gasteiger partial charge in [0.25, 0.3) is 0 Å². The van der Waals surface area contributed by atoms with E-state index in [1.165, 1.54) is 4.68 Å². The van der Waals surface area contributed by atoms with Gasteiger partial charge in [0, 0.05) is 13.1 Å². The second-order valence-electron chi connectivity index (χ2n) is 4.03. The molecule has 2 heterocycles. The fourth-order valence-electron chi connectivity index (χ4n) is 1.79. The van der Waals surface area contributed by atoms with Crippen LogP contribution < -0.4 is 5.32 Å². The summed E-state index contributed by atoms with van der Waals surface area (Å²) in [5.74, 6) is 0.0913. The Balaban J connectivity index is 2.21. The van der Waals surface area contributed by atoms with Crippen LogP contribution in [0, 0.1) is 13.8 Å². The maximum atomic E-state index is 11.1. The third-order valence-corrected chi connectivity index (χ3v) is 2.54. The molecular weight excluding hydrogens is 236 g/mol. The van der Waals surface area contributed by atoms with Crippen LogP contribution in [-0.4, -0.2) is 26.0 Å². The van der Waals surface area contributed by atoms with Crippen molar-refractivity contribution < 1.29 is 14.4 Å². The van der Waals surface area contributed by atoms with Gasteiger partial charge in [-0.25, -0.2) is 4.79 Å². The summed E-state index contributed by atoms with van der Waals surface area (Å²) in [6.07, 6.45) is 0. The van der Waals surface area contributed by atoms with Crippen molar-refractivity contribution in [1.82, 2.24) is 14.9 Å². The number of anilines is 1. The summed E-state index contributed by atoms with van der Waals surface area (Å²) in [5, 5.41) is 20.0. The largest absolute Gasteiger partial charge is 0.477 e. The van der Waals surface area contributed by atoms with Crippen molar-refractivity contribution in [2.24, 2.45) is 7.05 Å². The molecule has 0 aromatic carbocycles. The molecule has 7 heteroatoms. The molecule has 7 nitrogen and oxygen atoms in total. The van der Waals surface area contributed by atoms with Gasteiger partial charge >= 0.3 is 5.97 Å². The first-order chi connectivity index (χ1) is 8.49. The predicted molar refractivity (Wildman–Crippen MR) is 63.5 cm³/mol. The third-order valence-electron chi connectivity index (χ3n) is 2.54. The number of aryl methyl sites for hydroxylation is 3. The molecule has 0 aliphatic heterocycles. The van der Waals surface area contributed by atoms with Crippen LogP contribution in [0.1, 0.15) is 27.5 Å². The van der Waals surface area contributed by atoms with Crippen molar-refractivity contribution in [3.8, 4) is 0 Å². The lowest BCUT2D eigenvalue weighted by Gasteiger charge is -2.05. The molecule has 0 saturated carbocycles. The zero-order valence-corrected chi connectivity index (χ0v) is 10.4. The monoisotopic (exact) mass is 250 g/mol. The van der Waals surface area contributed by atoms with E-state index in [9.17, 15) is 4.79 Å². The van der Waals surface area contributed by atoms with E-state index < -0.39 is 5.97 Å². The second-order valence-corrected chi connectivity index (χ2v) is 4.03. The van der Waals surface area contributed by atoms with Crippen molar-refractivity contribution in [3.05, 3.63) is 28.8 Å². The van der Waals surface area contributed by atoms with Crippen molar-refractivity contribution >= 4 is 11.8 Å². The first-order valence-corrected chi connectivity index (χ1v) is 5.42. The van der Waals surface area contributed by atoms with Crippen molar-refractivity contribution in [2.45, 2.75) is 20.4 Å². The third kappa shape index (κ3) is 2.20. The van der Waals surface area contributed by atoms with Gasteiger partial charge < -0.3 is 14.9 Å². The summed E-state index contributed by atoms with van der Waals surface area (Å²) in [7, 11) is 1.69. The maximum Gasteiger partial charge on any atom is 0.341 e. The minimum Gasteiger partial charge on any atom is -0.477 e. The maximum absolute atomic E-state index is 11.1. The van der Waals surface area contributed by atoms with Crippen LogP contribution in [0.4, 0.5) is 5.82 Å². The fraction of sp³-hybridized carbons (Fsp3) is 0.364. The average Bonchev–Trinajstić information content (AvgIpc) is 2.79. The lowest BCUT2D eigenvalue weighted by molar-refractivity contribution is 0.0697. The number of nitrogens with one attached hydrogen (secondary N) is 1. The number of nitrogens with zero attached hydrogens (tertiary/aromatic N) is 3. The zero-order valence-electron chi connectivity index (χ0n) is 10.4. The fourth-order valence-corrected chi connectivity index (χ4v) is 1.79. The van der Waals surface area contributed by atoms with Crippen molar-refractivity contribution in [3.63, 3.8) is 0 Å². The van der Waals surface area contributed by atoms with Gasteiger partial charge in [0.2, 0.25) is 0 Å². The number of aromatic carboxylic acids is 1. The molecule has 2 aromatic rings. The smallest absolute Gasteiger partial charge is 0.341 e. The lowest BCUT2D eigenvalue weighted by Crippen LogP contribution is -2.08. The van der Waals surface area contributed by atoms with Gasteiger partial charge in [0.15, 0.2) is 5.76 Å². The van der Waals surface area contributed by atoms with Gasteiger partial charge in [-0.1, -0.05) is 5.16 Å². The Labute approximate surface area is 103 Å². The molecular formula is C11H14N4O3. The number of carboxylic acid groups (broad SMARTS) is 1. The van der Waals surface area contributed by atoms with E-state index in [1.54, 1.807) is 20.0 Å². The van der Waals surface area contributed by atoms with Crippen LogP contribution in [0.15, 0.2) is 10.6 Å². The van der Waals surface area contributed by atoms with E-state index in [2.05, 4.69) is 15.6 Å². The van der Waals surface area contributed by atoms with Crippen molar-refractivity contribution in [2.75, 3.05) is 5.32 Å². The van der Waals surface area contributed by atoms with Gasteiger partial charge in [-0.2, -0.15) is 5.10 Å². The molecule has 0 saturated heterocycles. The molecule has 0 radical (unpaired) electrons. The summed E-state index contributed by atoms with van der Waals surface area (Å²) in [6, 6.07) is 1.79. The number of hydrogen-bond acceptors (Lipinski definition) is 5. The molecule has 0 aliphatic carbocycles. The number of rotatable bonds is 4. The van der Waals surface area contributed by atoms with Crippen LogP contribution in [-0.2, 0) is 13.6 Å². The molecule has 18 heavy (non-hydrogen) atoms. The highest BCUT2D eigenvalue weighted by molar-refractivity contribution is 5.94. The topological polar surface area (TPSA) is 93.2 Å². The van der Waals surface area contributed by atoms with E-state index in [1.807, 2.05) is 6.92 Å². The molecule has 2 aromatic heterocycles. The van der Waals surface area contributed by atoms with Gasteiger partial charge in [-0.3, -0.25) is 4.68 Å². The molecule has 0 amide bonds. The van der Waals surface area contributed by atoms with Gasteiger partial charge in [-0.05, 0) is 13.8 Å². The normalized spacial score (nSPS) is 10.6. The Morgan fingerprint density at radius 1 is 1.56 bits per heavy atom. The number of hydrogen-bond donors (Lipinski definition) is 2. The van der Waals surface area contributed by atoms with Crippen LogP contribution >= 0.6 is 0 Å². The lowest BCUT2D eigenvalue weighted by atomic mass is 10.2. The molecule has 0 unspecified atom stereocenters. The molecule has 2 rings (SSSR count). The Bertz CT molecular complexity index is 585. The highest BCUT2D eigenvalue weighted by Gasteiger charge is 2.19. The zero-order chi connectivity index (χ0) is 13.3. The molecule has 96 valence electrons. The van der Waals surface area contributed by atoms with E-state index in [0.717, 1.165) is 5.69 Å². The predicted octanol–water partition coefficient (Wildman–Crippen LogP) is 1.34. The van der Waals surface area contributed by atoms with E-state index in [4.69, 9.17) is 9.63 Å². The highest BCUT2D eigenvalue weighted by Crippen LogP contribution is 2.19. The van der Waals surface area contributed by atoms with Crippen molar-refractivity contribution in [1.29, 1.82) is 0 Å². The minimum absolute atomic E-state index is 0.175. The molecule has 2 N–H and O–H groups in total. The first kappa shape index (κ1) is 12.2. The summed E-state index contributed by atoms with van der Waals surface area (Å²) < 4.78 is 6.55. The summed E-state index contributed by atoms with van der Waals surface area (Å²) >= 11 is 0. The Morgan fingerprint density at radius 3 is 2.83 bits per heavy atom. The summed E-state index contributed by atoms with van der Waals surface area (Å²) in [5.41, 5.74) is 1.43. The Hall–Kier alpha value is -2.31. The van der Waals surface area contributed by atoms with Gasteiger partial charge in [0.05, 0.1) is 17.9 Å². The molecule has 0 atom stereocenters. The van der Waals surface area contributed by atoms with Crippen LogP contribution in [0.2, 0.25) is 0 Å². The molecule has 0 spiro atoms. The van der Waals surface area contributed by atoms with Crippen LogP contribution in [0.25, 0.3) is 0 Å². The Kier molecular flexibility index (Phi) is 3.05. The first-order valence-electron chi connectivity index (χ1n) is 5.42. The van der Waals surface area contributed by atoms with Crippen LogP contribution in [0.5, 0.6) is 0 Å². The van der Waals surface area contributed by atoms with Gasteiger partial charge in [0.1, 0.15) is 11.4 Å². The van der Waals surface area contributed by atoms with Gasteiger partial charge in [-0.15, -0.1) is 0 Å². The average molecular weight is 250 g/mol. The quantitative estimate of drug-likeness (QED) is 0.850. The second kappa shape index (κ2) is 4.52. The number of carboxylic acids is 1. The molecule has 0 bridgehead atoms. The Morgan fingerprint density at radius 2 is 2.28 bits per heavy atom. The highest BCUT2D eigenvalue weighted by atomic mass is 16.5. The summed E-state index contributed by atoms with van der Waals surface area (Å²) in [6.45, 7) is 3.84. The summed E-state index contributed by atoms with van der Waals surface area (Å²) in [4.78, 5) is 11.1. The molecule has 0 fully saturated rings. The molecule has 0 aliphatic rings. The van der Waals surface area contributed by atoms with Crippen LogP contribution in [0.3, 0.4) is 0 Å². The number of aromatic nitrogens is 3. The standard InChI is InChI=1S/C11H14N4O3/c1-6-4-8(18-14-6)5-12-10-9(11(16)17)7(2)13-15(10)3/h4,12H,5H2,1-3H3,(H,16,17). The van der Waals surface area contributed by atoms with E-state index in [-0.39, 0.29) is 5.56 Å². The number of carbonyl (C=O) groups is 1. The minimum atomic E-state index is -1.00. The van der Waals surface area contributed by atoms with E-state index >= 15 is 0 Å².